The second kappa shape index (κ2) is 5.17. The molecular weight excluding hydrogens is 268 g/mol. The Hall–Kier alpha value is -2.00. The Kier molecular flexibility index (Phi) is 3.36. The fourth-order valence-corrected chi connectivity index (χ4v) is 3.37. The zero-order valence-corrected chi connectivity index (χ0v) is 11.9. The van der Waals surface area contributed by atoms with Gasteiger partial charge in [0.15, 0.2) is 0 Å². The van der Waals surface area contributed by atoms with Crippen molar-refractivity contribution in [2.75, 3.05) is 5.75 Å². The summed E-state index contributed by atoms with van der Waals surface area (Å²) in [6.45, 7) is 2.08. The van der Waals surface area contributed by atoms with Crippen molar-refractivity contribution in [1.82, 2.24) is 0 Å². The molecule has 0 aromatic heterocycles. The van der Waals surface area contributed by atoms with E-state index in [0.717, 1.165) is 21.8 Å². The minimum atomic E-state index is -0.882. The van der Waals surface area contributed by atoms with Crippen molar-refractivity contribution in [3.63, 3.8) is 0 Å². The standard InChI is InChI=1S/C17H14O2S/c1-11-4-2-3-5-13(11)14-8-9-20-16-7-6-12(17(18)19)10-15(14)16/h2-8,10H,9H2,1H3,(H,18,19). The largest absolute Gasteiger partial charge is 0.478 e. The second-order valence-electron chi connectivity index (χ2n) is 4.76. The Labute approximate surface area is 122 Å². The van der Waals surface area contributed by atoms with Gasteiger partial charge in [0.25, 0.3) is 0 Å². The van der Waals surface area contributed by atoms with E-state index >= 15 is 0 Å². The predicted molar refractivity (Wildman–Crippen MR) is 82.4 cm³/mol. The van der Waals surface area contributed by atoms with Gasteiger partial charge in [-0.25, -0.2) is 4.79 Å². The van der Waals surface area contributed by atoms with Crippen molar-refractivity contribution < 1.29 is 9.90 Å². The Morgan fingerprint density at radius 2 is 1.95 bits per heavy atom. The molecule has 0 atom stereocenters. The van der Waals surface area contributed by atoms with Crippen LogP contribution in [-0.4, -0.2) is 16.8 Å². The molecule has 1 aliphatic heterocycles. The molecule has 0 saturated heterocycles. The maximum absolute atomic E-state index is 11.2. The lowest BCUT2D eigenvalue weighted by atomic mass is 9.93. The third-order valence-electron chi connectivity index (χ3n) is 3.48. The van der Waals surface area contributed by atoms with Crippen molar-refractivity contribution in [1.29, 1.82) is 0 Å². The SMILES string of the molecule is Cc1ccccc1C1=CCSc2ccc(C(=O)O)cc21. The van der Waals surface area contributed by atoms with Gasteiger partial charge in [-0.05, 0) is 47.4 Å². The lowest BCUT2D eigenvalue weighted by Crippen LogP contribution is -2.03. The first kappa shape index (κ1) is 13.0. The van der Waals surface area contributed by atoms with Crippen LogP contribution in [0.5, 0.6) is 0 Å². The van der Waals surface area contributed by atoms with Crippen LogP contribution >= 0.6 is 11.8 Å². The highest BCUT2D eigenvalue weighted by Crippen LogP contribution is 2.38. The van der Waals surface area contributed by atoms with E-state index in [4.69, 9.17) is 0 Å². The molecule has 100 valence electrons. The van der Waals surface area contributed by atoms with E-state index in [1.807, 2.05) is 18.2 Å². The quantitative estimate of drug-likeness (QED) is 0.895. The van der Waals surface area contributed by atoms with Gasteiger partial charge in [-0.3, -0.25) is 0 Å². The highest BCUT2D eigenvalue weighted by atomic mass is 32.2. The summed E-state index contributed by atoms with van der Waals surface area (Å²) in [6, 6.07) is 13.6. The molecule has 1 heterocycles. The van der Waals surface area contributed by atoms with Crippen LogP contribution in [0.1, 0.15) is 27.0 Å². The fraction of sp³-hybridized carbons (Fsp3) is 0.118. The Morgan fingerprint density at radius 1 is 1.15 bits per heavy atom. The van der Waals surface area contributed by atoms with Gasteiger partial charge in [0.05, 0.1) is 5.56 Å². The number of carboxylic acid groups (broad SMARTS) is 1. The highest BCUT2D eigenvalue weighted by Gasteiger charge is 2.17. The van der Waals surface area contributed by atoms with Gasteiger partial charge in [-0.15, -0.1) is 11.8 Å². The molecule has 2 nitrogen and oxygen atoms in total. The minimum absolute atomic E-state index is 0.339. The van der Waals surface area contributed by atoms with Crippen molar-refractivity contribution in [2.24, 2.45) is 0 Å². The normalized spacial score (nSPS) is 13.6. The van der Waals surface area contributed by atoms with E-state index in [2.05, 4.69) is 25.1 Å². The first-order chi connectivity index (χ1) is 9.66. The van der Waals surface area contributed by atoms with Crippen LogP contribution in [0.2, 0.25) is 0 Å². The first-order valence-electron chi connectivity index (χ1n) is 6.43. The van der Waals surface area contributed by atoms with Gasteiger partial charge in [0.2, 0.25) is 0 Å². The second-order valence-corrected chi connectivity index (χ2v) is 5.82. The number of aryl methyl sites for hydroxylation is 1. The van der Waals surface area contributed by atoms with Crippen molar-refractivity contribution in [3.05, 3.63) is 70.8 Å². The van der Waals surface area contributed by atoms with Gasteiger partial charge in [0.1, 0.15) is 0 Å². The number of aromatic carboxylic acids is 1. The highest BCUT2D eigenvalue weighted by molar-refractivity contribution is 7.99. The number of thioether (sulfide) groups is 1. The maximum Gasteiger partial charge on any atom is 0.335 e. The Morgan fingerprint density at radius 3 is 2.70 bits per heavy atom. The zero-order valence-electron chi connectivity index (χ0n) is 11.1. The average Bonchev–Trinajstić information content (AvgIpc) is 2.46. The average molecular weight is 282 g/mol. The van der Waals surface area contributed by atoms with Crippen molar-refractivity contribution >= 4 is 23.3 Å². The monoisotopic (exact) mass is 282 g/mol. The lowest BCUT2D eigenvalue weighted by molar-refractivity contribution is 0.0697. The summed E-state index contributed by atoms with van der Waals surface area (Å²) in [5, 5.41) is 9.17. The molecule has 2 aromatic carbocycles. The molecule has 0 bridgehead atoms. The van der Waals surface area contributed by atoms with Gasteiger partial charge < -0.3 is 5.11 Å². The summed E-state index contributed by atoms with van der Waals surface area (Å²) in [7, 11) is 0. The van der Waals surface area contributed by atoms with Crippen molar-refractivity contribution in [2.45, 2.75) is 11.8 Å². The number of rotatable bonds is 2. The van der Waals surface area contributed by atoms with E-state index in [1.165, 1.54) is 11.1 Å². The van der Waals surface area contributed by atoms with Gasteiger partial charge in [0, 0.05) is 10.6 Å². The molecule has 0 radical (unpaired) electrons. The molecule has 0 fully saturated rings. The van der Waals surface area contributed by atoms with Crippen LogP contribution in [0, 0.1) is 6.92 Å². The molecule has 1 N–H and O–H groups in total. The van der Waals surface area contributed by atoms with Crippen LogP contribution in [0.15, 0.2) is 53.4 Å². The topological polar surface area (TPSA) is 37.3 Å². The number of benzene rings is 2. The maximum atomic E-state index is 11.2. The van der Waals surface area contributed by atoms with E-state index in [-0.39, 0.29) is 0 Å². The summed E-state index contributed by atoms with van der Waals surface area (Å²) in [4.78, 5) is 12.3. The van der Waals surface area contributed by atoms with Crippen LogP contribution in [0.4, 0.5) is 0 Å². The molecule has 3 heteroatoms. The van der Waals surface area contributed by atoms with Gasteiger partial charge in [-0.1, -0.05) is 30.3 Å². The lowest BCUT2D eigenvalue weighted by Gasteiger charge is -2.19. The molecule has 3 rings (SSSR count). The minimum Gasteiger partial charge on any atom is -0.478 e. The first-order valence-corrected chi connectivity index (χ1v) is 7.42. The molecule has 2 aromatic rings. The molecule has 1 aliphatic rings. The van der Waals surface area contributed by atoms with Gasteiger partial charge in [-0.2, -0.15) is 0 Å². The Balaban J connectivity index is 2.17. The molecule has 0 aliphatic carbocycles. The summed E-state index contributed by atoms with van der Waals surface area (Å²) in [5.41, 5.74) is 4.88. The predicted octanol–water partition coefficient (Wildman–Crippen LogP) is 4.23. The number of carbonyl (C=O) groups is 1. The van der Waals surface area contributed by atoms with E-state index in [0.29, 0.717) is 5.56 Å². The van der Waals surface area contributed by atoms with E-state index < -0.39 is 5.97 Å². The zero-order chi connectivity index (χ0) is 14.1. The smallest absolute Gasteiger partial charge is 0.335 e. The Bertz CT molecular complexity index is 717. The number of carboxylic acids is 1. The van der Waals surface area contributed by atoms with Crippen molar-refractivity contribution in [3.8, 4) is 0 Å². The van der Waals surface area contributed by atoms with E-state index in [1.54, 1.807) is 23.9 Å². The summed E-state index contributed by atoms with van der Waals surface area (Å²) < 4.78 is 0. The molecule has 0 spiro atoms. The fourth-order valence-electron chi connectivity index (χ4n) is 2.45. The van der Waals surface area contributed by atoms with Gasteiger partial charge >= 0.3 is 5.97 Å². The van der Waals surface area contributed by atoms with E-state index in [9.17, 15) is 9.90 Å². The summed E-state index contributed by atoms with van der Waals surface area (Å²) in [6.07, 6.45) is 2.18. The van der Waals surface area contributed by atoms with Crippen LogP contribution in [0.25, 0.3) is 5.57 Å². The molecule has 0 amide bonds. The van der Waals surface area contributed by atoms with Crippen LogP contribution in [0.3, 0.4) is 0 Å². The summed E-state index contributed by atoms with van der Waals surface area (Å²) >= 11 is 1.74. The number of hydrogen-bond donors (Lipinski definition) is 1. The number of hydrogen-bond acceptors (Lipinski definition) is 2. The molecule has 0 unspecified atom stereocenters. The number of fused-ring (bicyclic) bond motifs is 1. The summed E-state index contributed by atoms with van der Waals surface area (Å²) in [5.74, 6) is 0.0378. The third-order valence-corrected chi connectivity index (χ3v) is 4.48. The molecule has 0 saturated carbocycles. The molecular formula is C17H14O2S. The molecule has 20 heavy (non-hydrogen) atoms. The third kappa shape index (κ3) is 2.25. The van der Waals surface area contributed by atoms with Crippen LogP contribution < -0.4 is 0 Å². The van der Waals surface area contributed by atoms with Crippen LogP contribution in [-0.2, 0) is 0 Å².